The molecule has 0 aliphatic rings. The summed E-state index contributed by atoms with van der Waals surface area (Å²) in [6, 6.07) is 31.4. The molecule has 0 bridgehead atoms. The van der Waals surface area contributed by atoms with Crippen LogP contribution in [-0.2, 0) is 15.4 Å². The fraction of sp³-hybridized carbons (Fsp3) is 0.143. The minimum Gasteiger partial charge on any atom is -0.369 e. The molecule has 0 atom stereocenters. The smallest absolute Gasteiger partial charge is 0.285 e. The van der Waals surface area contributed by atoms with Crippen LogP contribution in [0.15, 0.2) is 106 Å². The van der Waals surface area contributed by atoms with Gasteiger partial charge < -0.3 is 11.5 Å². The number of aromatic nitrogens is 1. The average molecular weight is 585 g/mol. The minimum absolute atomic E-state index is 0.0229. The number of nitrogens with zero attached hydrogens (tertiary/aromatic N) is 2. The fourth-order valence-corrected chi connectivity index (χ4v) is 4.87. The van der Waals surface area contributed by atoms with Crippen molar-refractivity contribution in [2.45, 2.75) is 31.1 Å². The van der Waals surface area contributed by atoms with Crippen LogP contribution < -0.4 is 34.7 Å². The van der Waals surface area contributed by atoms with Crippen molar-refractivity contribution in [3.05, 3.63) is 103 Å². The molecule has 0 saturated carbocycles. The van der Waals surface area contributed by atoms with Gasteiger partial charge in [0.1, 0.15) is 0 Å². The molecule has 0 amide bonds. The SMILES string of the molecule is CC(C)(C)c1cc(-c2ccccc2)cc(-c2ccccc2)[n+]1-c1ccc(S(=O)(=O)N=C(N)N)cc1.[O-][Cl+3]([O-])([O-])[O-]. The van der Waals surface area contributed by atoms with Gasteiger partial charge in [0, 0.05) is 35.2 Å². The highest BCUT2D eigenvalue weighted by Gasteiger charge is 2.31. The number of sulfonamides is 1. The summed E-state index contributed by atoms with van der Waals surface area (Å²) in [5.74, 6) is -0.499. The third kappa shape index (κ3) is 8.33. The van der Waals surface area contributed by atoms with Gasteiger partial charge in [-0.3, -0.25) is 0 Å². The van der Waals surface area contributed by atoms with E-state index in [0.29, 0.717) is 0 Å². The van der Waals surface area contributed by atoms with E-state index in [4.69, 9.17) is 30.1 Å². The van der Waals surface area contributed by atoms with Crippen molar-refractivity contribution in [3.8, 4) is 28.1 Å². The molecule has 40 heavy (non-hydrogen) atoms. The Bertz CT molecular complexity index is 1570. The molecular formula is C28H29ClN4O6S. The molecule has 3 aromatic carbocycles. The largest absolute Gasteiger partial charge is 0.369 e. The molecule has 4 aromatic rings. The van der Waals surface area contributed by atoms with E-state index in [9.17, 15) is 8.42 Å². The summed E-state index contributed by atoms with van der Waals surface area (Å²) in [4.78, 5) is 0.0229. The van der Waals surface area contributed by atoms with Crippen molar-refractivity contribution in [2.75, 3.05) is 0 Å². The van der Waals surface area contributed by atoms with Crippen molar-refractivity contribution in [1.29, 1.82) is 0 Å². The highest BCUT2D eigenvalue weighted by Crippen LogP contribution is 2.31. The number of rotatable bonds is 5. The van der Waals surface area contributed by atoms with E-state index in [2.05, 4.69) is 66.1 Å². The van der Waals surface area contributed by atoms with E-state index < -0.39 is 26.2 Å². The third-order valence-corrected chi connectivity index (χ3v) is 6.95. The first-order valence-corrected chi connectivity index (χ1v) is 14.5. The van der Waals surface area contributed by atoms with Crippen molar-refractivity contribution >= 4 is 16.0 Å². The van der Waals surface area contributed by atoms with Crippen molar-refractivity contribution < 1.29 is 41.9 Å². The number of pyridine rings is 1. The molecule has 0 aliphatic heterocycles. The first kappa shape index (κ1) is 30.7. The maximum atomic E-state index is 12.5. The van der Waals surface area contributed by atoms with Crippen LogP contribution in [0.25, 0.3) is 28.1 Å². The Hall–Kier alpha value is -3.84. The van der Waals surface area contributed by atoms with Crippen LogP contribution in [0.1, 0.15) is 26.5 Å². The molecule has 0 radical (unpaired) electrons. The summed E-state index contributed by atoms with van der Waals surface area (Å²) < 4.78 is 64.4. The van der Waals surface area contributed by atoms with E-state index in [1.54, 1.807) is 12.1 Å². The van der Waals surface area contributed by atoms with Crippen molar-refractivity contribution in [1.82, 2.24) is 0 Å². The van der Waals surface area contributed by atoms with Crippen LogP contribution in [0.4, 0.5) is 0 Å². The number of halogens is 1. The molecule has 4 rings (SSSR count). The first-order chi connectivity index (χ1) is 18.6. The normalized spacial score (nSPS) is 11.8. The van der Waals surface area contributed by atoms with Crippen LogP contribution >= 0.6 is 0 Å². The monoisotopic (exact) mass is 584 g/mol. The van der Waals surface area contributed by atoms with Crippen LogP contribution in [0, 0.1) is 10.2 Å². The number of hydrogen-bond donors (Lipinski definition) is 2. The fourth-order valence-electron chi connectivity index (χ4n) is 4.00. The zero-order valence-corrected chi connectivity index (χ0v) is 23.6. The predicted octanol–water partition coefficient (Wildman–Crippen LogP) is -0.199. The van der Waals surface area contributed by atoms with Crippen LogP contribution in [-0.4, -0.2) is 14.4 Å². The predicted molar refractivity (Wildman–Crippen MR) is 141 cm³/mol. The van der Waals surface area contributed by atoms with Gasteiger partial charge in [0.05, 0.1) is 4.90 Å². The standard InChI is InChI=1S/C28H29N4O2S.ClHO4/c1-28(2,3)26-19-22(20-10-6-4-7-11-20)18-25(21-12-8-5-9-13-21)32(26)23-14-16-24(17-15-23)35(33,34)31-27(29)30;2-1(3,4)5/h4-19H,1-3H3,(H4,29,30,31);(H,2,3,4,5)/q+1;/p-1. The Kier molecular flexibility index (Phi) is 9.31. The Morgan fingerprint density at radius 2 is 1.23 bits per heavy atom. The number of nitrogens with two attached hydrogens (primary N) is 2. The molecule has 0 unspecified atom stereocenters. The summed E-state index contributed by atoms with van der Waals surface area (Å²) in [6.07, 6.45) is 0. The molecule has 0 aliphatic carbocycles. The van der Waals surface area contributed by atoms with Gasteiger partial charge in [-0.1, -0.05) is 69.3 Å². The summed E-state index contributed by atoms with van der Waals surface area (Å²) >= 11 is 0. The lowest BCUT2D eigenvalue weighted by molar-refractivity contribution is -2.00. The van der Waals surface area contributed by atoms with Gasteiger partial charge >= 0.3 is 0 Å². The molecule has 0 spiro atoms. The molecular weight excluding hydrogens is 556 g/mol. The lowest BCUT2D eigenvalue weighted by atomic mass is 9.88. The maximum Gasteiger partial charge on any atom is 0.285 e. The van der Waals surface area contributed by atoms with Crippen molar-refractivity contribution in [3.63, 3.8) is 0 Å². The Labute approximate surface area is 235 Å². The first-order valence-electron chi connectivity index (χ1n) is 11.9. The van der Waals surface area contributed by atoms with Crippen LogP contribution in [0.5, 0.6) is 0 Å². The zero-order valence-electron chi connectivity index (χ0n) is 22.0. The molecule has 10 nitrogen and oxygen atoms in total. The second-order valence-corrected chi connectivity index (χ2v) is 12.1. The number of benzene rings is 3. The van der Waals surface area contributed by atoms with E-state index in [1.165, 1.54) is 12.1 Å². The van der Waals surface area contributed by atoms with Gasteiger partial charge in [0.15, 0.2) is 5.69 Å². The second-order valence-electron chi connectivity index (χ2n) is 9.70. The summed E-state index contributed by atoms with van der Waals surface area (Å²) in [7, 11) is -8.92. The summed E-state index contributed by atoms with van der Waals surface area (Å²) in [6.45, 7) is 6.50. The quantitative estimate of drug-likeness (QED) is 0.183. The van der Waals surface area contributed by atoms with E-state index >= 15 is 0 Å². The molecule has 1 heterocycles. The molecule has 210 valence electrons. The maximum absolute atomic E-state index is 12.5. The Morgan fingerprint density at radius 1 is 0.750 bits per heavy atom. The summed E-state index contributed by atoms with van der Waals surface area (Å²) in [5, 5.41) is 0. The van der Waals surface area contributed by atoms with Gasteiger partial charge in [0.25, 0.3) is 10.0 Å². The Balaban J connectivity index is 0.000000810. The van der Waals surface area contributed by atoms with E-state index in [1.807, 2.05) is 36.4 Å². The minimum atomic E-state index is -4.94. The van der Waals surface area contributed by atoms with Gasteiger partial charge in [-0.15, -0.1) is 14.6 Å². The molecule has 0 fully saturated rings. The Morgan fingerprint density at radius 3 is 1.68 bits per heavy atom. The number of hydrogen-bond acceptors (Lipinski definition) is 6. The van der Waals surface area contributed by atoms with E-state index in [0.717, 1.165) is 33.8 Å². The molecule has 0 saturated heterocycles. The highest BCUT2D eigenvalue weighted by molar-refractivity contribution is 7.90. The van der Waals surface area contributed by atoms with Crippen LogP contribution in [0.3, 0.4) is 0 Å². The molecule has 1 aromatic heterocycles. The molecule has 4 N–H and O–H groups in total. The lowest BCUT2D eigenvalue weighted by Crippen LogP contribution is -2.68. The third-order valence-electron chi connectivity index (χ3n) is 5.63. The van der Waals surface area contributed by atoms with Crippen LogP contribution in [0.2, 0.25) is 0 Å². The van der Waals surface area contributed by atoms with Crippen molar-refractivity contribution in [2.24, 2.45) is 15.9 Å². The zero-order chi connectivity index (χ0) is 29.7. The topological polar surface area (TPSA) is 195 Å². The average Bonchev–Trinajstić information content (AvgIpc) is 2.87. The van der Waals surface area contributed by atoms with E-state index in [-0.39, 0.29) is 10.3 Å². The molecule has 12 heteroatoms. The van der Waals surface area contributed by atoms with Gasteiger partial charge in [-0.25, -0.2) is 18.6 Å². The van der Waals surface area contributed by atoms with Gasteiger partial charge in [-0.05, 0) is 35.4 Å². The second kappa shape index (κ2) is 12.1. The number of guanidine groups is 1. The van der Waals surface area contributed by atoms with Gasteiger partial charge in [-0.2, -0.15) is 13.0 Å². The summed E-state index contributed by atoms with van der Waals surface area (Å²) in [5.41, 5.74) is 16.6. The lowest BCUT2D eigenvalue weighted by Gasteiger charge is -2.20. The van der Waals surface area contributed by atoms with Gasteiger partial charge in [0.2, 0.25) is 17.3 Å². The highest BCUT2D eigenvalue weighted by atomic mass is 35.7.